The number of pyridine rings is 1. The van der Waals surface area contributed by atoms with E-state index >= 15 is 0 Å². The standard InChI is InChI=1S/C41H47N9O6/c1-22(2)32(46-40(53)55-5)38(51)49-19-7-9-30(49)36-43-28-17-13-25-21-24(12-16-27(25)34(28)45-36)11-14-26-15-18-29-35(42-26)48-37(44-29)31-10-8-20-50(31)39(52)33(23(3)4)47-41(54)56-6/h12-13,15-18,21-23,30-33H,7-10,19-20H2,1-6H3,(H,43,45)(H,46,53)(H,47,54)(H,42,44,48)/t30-,31-,32-,33-/m0/s1. The molecule has 0 unspecified atom stereocenters. The molecule has 15 nitrogen and oxygen atoms in total. The normalized spacial score (nSPS) is 18.0. The van der Waals surface area contributed by atoms with Gasteiger partial charge in [0, 0.05) is 24.0 Å². The molecule has 2 fully saturated rings. The van der Waals surface area contributed by atoms with Gasteiger partial charge in [-0.2, -0.15) is 0 Å². The Morgan fingerprint density at radius 2 is 1.30 bits per heavy atom. The van der Waals surface area contributed by atoms with Gasteiger partial charge >= 0.3 is 12.2 Å². The smallest absolute Gasteiger partial charge is 0.407 e. The summed E-state index contributed by atoms with van der Waals surface area (Å²) < 4.78 is 9.52. The Morgan fingerprint density at radius 1 is 0.732 bits per heavy atom. The number of nitrogens with one attached hydrogen (secondary N) is 4. The molecule has 4 N–H and O–H groups in total. The molecule has 2 aliphatic rings. The van der Waals surface area contributed by atoms with Gasteiger partial charge in [-0.3, -0.25) is 9.59 Å². The second-order valence-electron chi connectivity index (χ2n) is 15.0. The van der Waals surface area contributed by atoms with Crippen molar-refractivity contribution in [2.24, 2.45) is 11.8 Å². The van der Waals surface area contributed by atoms with Crippen LogP contribution >= 0.6 is 0 Å². The number of amides is 4. The first-order valence-corrected chi connectivity index (χ1v) is 19.1. The minimum Gasteiger partial charge on any atom is -0.453 e. The second kappa shape index (κ2) is 15.9. The molecule has 3 aromatic heterocycles. The van der Waals surface area contributed by atoms with E-state index in [4.69, 9.17) is 24.4 Å². The summed E-state index contributed by atoms with van der Waals surface area (Å²) in [6.07, 6.45) is 1.88. The zero-order valence-corrected chi connectivity index (χ0v) is 32.4. The number of imidazole rings is 2. The third kappa shape index (κ3) is 7.56. The molecule has 0 spiro atoms. The van der Waals surface area contributed by atoms with E-state index in [1.165, 1.54) is 14.2 Å². The number of likely N-dealkylation sites (tertiary alicyclic amines) is 2. The van der Waals surface area contributed by atoms with Gasteiger partial charge in [0.25, 0.3) is 0 Å². The van der Waals surface area contributed by atoms with Gasteiger partial charge in [0.15, 0.2) is 5.65 Å². The first kappa shape index (κ1) is 38.1. The zero-order chi connectivity index (χ0) is 39.7. The average Bonchev–Trinajstić information content (AvgIpc) is 4.02. The Morgan fingerprint density at radius 3 is 1.89 bits per heavy atom. The lowest BCUT2D eigenvalue weighted by Crippen LogP contribution is -2.51. The van der Waals surface area contributed by atoms with Crippen LogP contribution < -0.4 is 10.6 Å². The fourth-order valence-electron chi connectivity index (χ4n) is 7.73. The van der Waals surface area contributed by atoms with Gasteiger partial charge in [0.2, 0.25) is 11.8 Å². The minimum absolute atomic E-state index is 0.119. The number of hydrogen-bond donors (Lipinski definition) is 4. The summed E-state index contributed by atoms with van der Waals surface area (Å²) in [4.78, 5) is 76.0. The Kier molecular flexibility index (Phi) is 10.8. The highest BCUT2D eigenvalue weighted by Crippen LogP contribution is 2.35. The molecule has 4 atom stereocenters. The number of aromatic amines is 2. The van der Waals surface area contributed by atoms with Crippen molar-refractivity contribution in [2.75, 3.05) is 27.3 Å². The largest absolute Gasteiger partial charge is 0.453 e. The molecule has 0 radical (unpaired) electrons. The van der Waals surface area contributed by atoms with Crippen LogP contribution in [-0.4, -0.2) is 98.1 Å². The lowest BCUT2D eigenvalue weighted by Gasteiger charge is -2.29. The lowest BCUT2D eigenvalue weighted by atomic mass is 10.0. The summed E-state index contributed by atoms with van der Waals surface area (Å²) in [7, 11) is 2.57. The number of carbonyl (C=O) groups is 4. The highest BCUT2D eigenvalue weighted by Gasteiger charge is 2.39. The number of benzene rings is 2. The Bertz CT molecular complexity index is 2370. The molecule has 7 rings (SSSR count). The SMILES string of the molecule is COC(=O)N[C@H](C(=O)N1CCC[C@H]1c1nc2ccc(C#Cc3ccc4c(ccc5nc([C@@H]6CCCN6C(=O)[C@@H](NC(=O)OC)C(C)C)[nH]c54)c3)nc2[nH]1)C(C)C. The molecule has 5 aromatic rings. The molecule has 0 saturated carbocycles. The van der Waals surface area contributed by atoms with E-state index in [0.29, 0.717) is 41.6 Å². The minimum atomic E-state index is -0.715. The molecule has 0 bridgehead atoms. The van der Waals surface area contributed by atoms with Gasteiger partial charge in [-0.25, -0.2) is 24.5 Å². The van der Waals surface area contributed by atoms with E-state index in [9.17, 15) is 19.2 Å². The van der Waals surface area contributed by atoms with Gasteiger partial charge in [-0.15, -0.1) is 0 Å². The molecule has 0 aliphatic carbocycles. The van der Waals surface area contributed by atoms with Crippen molar-refractivity contribution in [1.29, 1.82) is 0 Å². The van der Waals surface area contributed by atoms with E-state index < -0.39 is 24.3 Å². The Hall–Kier alpha value is -6.17. The van der Waals surface area contributed by atoms with Crippen LogP contribution in [-0.2, 0) is 19.1 Å². The van der Waals surface area contributed by atoms with E-state index in [1.807, 2.05) is 75.1 Å². The van der Waals surface area contributed by atoms with Crippen molar-refractivity contribution >= 4 is 57.0 Å². The van der Waals surface area contributed by atoms with Gasteiger partial charge in [0.1, 0.15) is 34.9 Å². The summed E-state index contributed by atoms with van der Waals surface area (Å²) in [6.45, 7) is 8.71. The van der Waals surface area contributed by atoms with Crippen LogP contribution in [0.5, 0.6) is 0 Å². The molecule has 5 heterocycles. The van der Waals surface area contributed by atoms with E-state index in [1.54, 1.807) is 4.90 Å². The molecule has 2 aromatic carbocycles. The summed E-state index contributed by atoms with van der Waals surface area (Å²) in [5.74, 6) is 7.22. The average molecular weight is 762 g/mol. The summed E-state index contributed by atoms with van der Waals surface area (Å²) in [6, 6.07) is 11.8. The monoisotopic (exact) mass is 761 g/mol. The predicted octanol–water partition coefficient (Wildman–Crippen LogP) is 5.48. The maximum atomic E-state index is 13.6. The molecular weight excluding hydrogens is 715 g/mol. The van der Waals surface area contributed by atoms with Crippen molar-refractivity contribution in [3.05, 3.63) is 65.4 Å². The molecule has 2 saturated heterocycles. The summed E-state index contributed by atoms with van der Waals surface area (Å²) in [5.41, 5.74) is 4.33. The van der Waals surface area contributed by atoms with E-state index in [2.05, 4.69) is 32.4 Å². The predicted molar refractivity (Wildman–Crippen MR) is 209 cm³/mol. The van der Waals surface area contributed by atoms with E-state index in [0.717, 1.165) is 53.1 Å². The molecule has 15 heteroatoms. The highest BCUT2D eigenvalue weighted by atomic mass is 16.5. The fraction of sp³-hybridized carbons (Fsp3) is 0.439. The number of methoxy groups -OCH3 is 2. The number of H-pyrrole nitrogens is 2. The van der Waals surface area contributed by atoms with Crippen LogP contribution in [0.4, 0.5) is 9.59 Å². The number of carbonyl (C=O) groups excluding carboxylic acids is 4. The molecular formula is C41H47N9O6. The first-order valence-electron chi connectivity index (χ1n) is 19.1. The summed E-state index contributed by atoms with van der Waals surface area (Å²) in [5, 5.41) is 7.35. The zero-order valence-electron chi connectivity index (χ0n) is 32.4. The number of aromatic nitrogens is 5. The lowest BCUT2D eigenvalue weighted by molar-refractivity contribution is -0.136. The molecule has 292 valence electrons. The van der Waals surface area contributed by atoms with Crippen LogP contribution in [0.15, 0.2) is 42.5 Å². The van der Waals surface area contributed by atoms with Gasteiger partial charge in [-0.05, 0) is 79.2 Å². The second-order valence-corrected chi connectivity index (χ2v) is 15.0. The van der Waals surface area contributed by atoms with Gasteiger partial charge in [-0.1, -0.05) is 45.7 Å². The Balaban J connectivity index is 1.09. The van der Waals surface area contributed by atoms with E-state index in [-0.39, 0.29) is 35.7 Å². The van der Waals surface area contributed by atoms with Crippen LogP contribution in [0.1, 0.15) is 88.4 Å². The van der Waals surface area contributed by atoms with Crippen molar-refractivity contribution in [1.82, 2.24) is 45.4 Å². The van der Waals surface area contributed by atoms with Crippen molar-refractivity contribution in [2.45, 2.75) is 77.5 Å². The summed E-state index contributed by atoms with van der Waals surface area (Å²) >= 11 is 0. The first-order chi connectivity index (χ1) is 26.9. The third-order valence-corrected chi connectivity index (χ3v) is 10.7. The molecule has 56 heavy (non-hydrogen) atoms. The van der Waals surface area contributed by atoms with Crippen molar-refractivity contribution < 1.29 is 28.7 Å². The molecule has 4 amide bonds. The van der Waals surface area contributed by atoms with Gasteiger partial charge in [0.05, 0.1) is 37.3 Å². The molecule has 2 aliphatic heterocycles. The number of hydrogen-bond acceptors (Lipinski definition) is 9. The number of fused-ring (bicyclic) bond motifs is 4. The fourth-order valence-corrected chi connectivity index (χ4v) is 7.73. The number of ether oxygens (including phenoxy) is 2. The third-order valence-electron chi connectivity index (χ3n) is 10.7. The van der Waals surface area contributed by atoms with Crippen LogP contribution in [0.3, 0.4) is 0 Å². The van der Waals surface area contributed by atoms with Crippen LogP contribution in [0, 0.1) is 23.7 Å². The Labute approximate surface area is 324 Å². The highest BCUT2D eigenvalue weighted by molar-refractivity contribution is 6.04. The maximum Gasteiger partial charge on any atom is 0.407 e. The van der Waals surface area contributed by atoms with Crippen molar-refractivity contribution in [3.8, 4) is 11.8 Å². The quantitative estimate of drug-likeness (QED) is 0.149. The maximum absolute atomic E-state index is 13.6. The van der Waals surface area contributed by atoms with Crippen molar-refractivity contribution in [3.63, 3.8) is 0 Å². The van der Waals surface area contributed by atoms with Gasteiger partial charge < -0.3 is 39.9 Å². The van der Waals surface area contributed by atoms with Crippen LogP contribution in [0.2, 0.25) is 0 Å². The number of rotatable bonds is 8. The number of alkyl carbamates (subject to hydrolysis) is 2. The van der Waals surface area contributed by atoms with Crippen LogP contribution in [0.25, 0.3) is 33.0 Å². The topological polar surface area (TPSA) is 188 Å². The number of nitrogens with zero attached hydrogens (tertiary/aromatic N) is 5.